The molecule has 15 heavy (non-hydrogen) atoms. The Hall–Kier alpha value is -0.630. The standard InChI is InChI=1S/C11H20N2O2/c1-3-14-11(15-4-2)6-8-13-10(9-11)5-7-12/h10,13H,3-6,8-9H2,1-2H3/t10-/m0/s1. The van der Waals surface area contributed by atoms with Crippen molar-refractivity contribution in [1.29, 1.82) is 5.26 Å². The minimum atomic E-state index is -0.462. The zero-order valence-electron chi connectivity index (χ0n) is 9.58. The Morgan fingerprint density at radius 2 is 2.07 bits per heavy atom. The quantitative estimate of drug-likeness (QED) is 0.700. The summed E-state index contributed by atoms with van der Waals surface area (Å²) in [6, 6.07) is 2.38. The molecule has 0 bridgehead atoms. The zero-order chi connectivity index (χ0) is 11.1. The first-order valence-electron chi connectivity index (χ1n) is 5.64. The third kappa shape index (κ3) is 3.45. The summed E-state index contributed by atoms with van der Waals surface area (Å²) in [5.41, 5.74) is 0. The van der Waals surface area contributed by atoms with Gasteiger partial charge >= 0.3 is 0 Å². The fourth-order valence-electron chi connectivity index (χ4n) is 2.10. The lowest BCUT2D eigenvalue weighted by molar-refractivity contribution is -0.249. The molecule has 1 N–H and O–H groups in total. The highest BCUT2D eigenvalue weighted by Gasteiger charge is 2.37. The van der Waals surface area contributed by atoms with Crippen molar-refractivity contribution in [2.24, 2.45) is 0 Å². The van der Waals surface area contributed by atoms with Gasteiger partial charge in [-0.1, -0.05) is 0 Å². The van der Waals surface area contributed by atoms with Crippen LogP contribution in [0, 0.1) is 11.3 Å². The van der Waals surface area contributed by atoms with Gasteiger partial charge in [0, 0.05) is 38.6 Å². The van der Waals surface area contributed by atoms with Crippen LogP contribution < -0.4 is 5.32 Å². The fraction of sp³-hybridized carbons (Fsp3) is 0.909. The smallest absolute Gasteiger partial charge is 0.170 e. The lowest BCUT2D eigenvalue weighted by Gasteiger charge is -2.40. The average molecular weight is 212 g/mol. The molecule has 0 aromatic heterocycles. The van der Waals surface area contributed by atoms with E-state index >= 15 is 0 Å². The van der Waals surface area contributed by atoms with Crippen LogP contribution in [-0.4, -0.2) is 31.6 Å². The largest absolute Gasteiger partial charge is 0.350 e. The normalized spacial score (nSPS) is 24.7. The second-order valence-electron chi connectivity index (χ2n) is 3.74. The van der Waals surface area contributed by atoms with Gasteiger partial charge in [-0.3, -0.25) is 0 Å². The molecule has 4 heteroatoms. The first kappa shape index (κ1) is 12.4. The minimum absolute atomic E-state index is 0.196. The van der Waals surface area contributed by atoms with E-state index in [9.17, 15) is 0 Å². The number of hydrogen-bond donors (Lipinski definition) is 1. The molecule has 0 saturated carbocycles. The van der Waals surface area contributed by atoms with E-state index in [1.165, 1.54) is 0 Å². The highest BCUT2D eigenvalue weighted by molar-refractivity contribution is 4.90. The van der Waals surface area contributed by atoms with Crippen LogP contribution in [0.1, 0.15) is 33.1 Å². The van der Waals surface area contributed by atoms with Crippen LogP contribution in [0.2, 0.25) is 0 Å². The van der Waals surface area contributed by atoms with Gasteiger partial charge in [0.25, 0.3) is 0 Å². The van der Waals surface area contributed by atoms with Gasteiger partial charge in [-0.15, -0.1) is 0 Å². The lowest BCUT2D eigenvalue weighted by atomic mass is 9.96. The lowest BCUT2D eigenvalue weighted by Crippen LogP contribution is -2.51. The SMILES string of the molecule is CCOC1(OCC)CCN[C@@H](CC#N)C1. The van der Waals surface area contributed by atoms with Gasteiger partial charge in [-0.25, -0.2) is 0 Å². The molecule has 0 radical (unpaired) electrons. The van der Waals surface area contributed by atoms with E-state index in [-0.39, 0.29) is 6.04 Å². The van der Waals surface area contributed by atoms with Crippen LogP contribution in [0.15, 0.2) is 0 Å². The predicted molar refractivity (Wildman–Crippen MR) is 57.2 cm³/mol. The summed E-state index contributed by atoms with van der Waals surface area (Å²) in [6.07, 6.45) is 2.14. The number of nitriles is 1. The Balaban J connectivity index is 2.58. The minimum Gasteiger partial charge on any atom is -0.350 e. The van der Waals surface area contributed by atoms with Crippen LogP contribution >= 0.6 is 0 Å². The van der Waals surface area contributed by atoms with Crippen molar-refractivity contribution in [3.05, 3.63) is 0 Å². The molecule has 0 aliphatic carbocycles. The molecule has 4 nitrogen and oxygen atoms in total. The average Bonchev–Trinajstić information content (AvgIpc) is 2.19. The summed E-state index contributed by atoms with van der Waals surface area (Å²) in [5.74, 6) is -0.462. The van der Waals surface area contributed by atoms with Gasteiger partial charge in [0.15, 0.2) is 5.79 Å². The summed E-state index contributed by atoms with van der Waals surface area (Å²) in [7, 11) is 0. The molecule has 1 heterocycles. The topological polar surface area (TPSA) is 54.3 Å². The fourth-order valence-corrected chi connectivity index (χ4v) is 2.10. The van der Waals surface area contributed by atoms with E-state index in [1.807, 2.05) is 13.8 Å². The van der Waals surface area contributed by atoms with Crippen molar-refractivity contribution in [2.75, 3.05) is 19.8 Å². The first-order chi connectivity index (χ1) is 7.26. The van der Waals surface area contributed by atoms with Gasteiger partial charge in [0.2, 0.25) is 0 Å². The van der Waals surface area contributed by atoms with E-state index in [1.54, 1.807) is 0 Å². The Bertz CT molecular complexity index is 214. The summed E-state index contributed by atoms with van der Waals surface area (Å²) in [5, 5.41) is 12.0. The summed E-state index contributed by atoms with van der Waals surface area (Å²) in [6.45, 7) is 6.11. The third-order valence-corrected chi connectivity index (χ3v) is 2.65. The van der Waals surface area contributed by atoms with Gasteiger partial charge in [-0.2, -0.15) is 5.26 Å². The van der Waals surface area contributed by atoms with Crippen LogP contribution in [0.3, 0.4) is 0 Å². The van der Waals surface area contributed by atoms with Crippen molar-refractivity contribution in [3.8, 4) is 6.07 Å². The van der Waals surface area contributed by atoms with Crippen molar-refractivity contribution in [1.82, 2.24) is 5.32 Å². The maximum atomic E-state index is 8.68. The first-order valence-corrected chi connectivity index (χ1v) is 5.64. The molecule has 0 amide bonds. The molecule has 0 aromatic carbocycles. The number of rotatable bonds is 5. The number of ether oxygens (including phenoxy) is 2. The molecule has 1 aliphatic rings. The number of nitrogens with one attached hydrogen (secondary N) is 1. The van der Waals surface area contributed by atoms with Crippen LogP contribution in [-0.2, 0) is 9.47 Å². The molecule has 1 fully saturated rings. The molecule has 0 aromatic rings. The van der Waals surface area contributed by atoms with E-state index in [2.05, 4.69) is 11.4 Å². The Labute approximate surface area is 91.6 Å². The number of piperidine rings is 1. The zero-order valence-corrected chi connectivity index (χ0v) is 9.58. The van der Waals surface area contributed by atoms with Crippen LogP contribution in [0.25, 0.3) is 0 Å². The molecule has 86 valence electrons. The molecule has 1 aliphatic heterocycles. The Morgan fingerprint density at radius 1 is 1.40 bits per heavy atom. The second-order valence-corrected chi connectivity index (χ2v) is 3.74. The van der Waals surface area contributed by atoms with Gasteiger partial charge < -0.3 is 14.8 Å². The van der Waals surface area contributed by atoms with E-state index in [0.717, 1.165) is 19.4 Å². The maximum Gasteiger partial charge on any atom is 0.170 e. The molecular formula is C11H20N2O2. The highest BCUT2D eigenvalue weighted by Crippen LogP contribution is 2.28. The second kappa shape index (κ2) is 6.06. The van der Waals surface area contributed by atoms with Crippen molar-refractivity contribution in [2.45, 2.75) is 44.9 Å². The Morgan fingerprint density at radius 3 is 2.60 bits per heavy atom. The van der Waals surface area contributed by atoms with E-state index in [4.69, 9.17) is 14.7 Å². The number of hydrogen-bond acceptors (Lipinski definition) is 4. The van der Waals surface area contributed by atoms with E-state index < -0.39 is 5.79 Å². The summed E-state index contributed by atoms with van der Waals surface area (Å²) < 4.78 is 11.4. The third-order valence-electron chi connectivity index (χ3n) is 2.65. The van der Waals surface area contributed by atoms with Gasteiger partial charge in [-0.05, 0) is 13.8 Å². The molecule has 1 atom stereocenters. The summed E-state index contributed by atoms with van der Waals surface area (Å²) in [4.78, 5) is 0. The summed E-state index contributed by atoms with van der Waals surface area (Å²) >= 11 is 0. The molecule has 0 unspecified atom stereocenters. The predicted octanol–water partition coefficient (Wildman–Crippen LogP) is 1.42. The molecule has 1 saturated heterocycles. The number of nitrogens with zero attached hydrogens (tertiary/aromatic N) is 1. The highest BCUT2D eigenvalue weighted by atomic mass is 16.7. The van der Waals surface area contributed by atoms with Crippen LogP contribution in [0.5, 0.6) is 0 Å². The maximum absolute atomic E-state index is 8.68. The Kier molecular flexibility index (Phi) is 5.03. The van der Waals surface area contributed by atoms with Crippen molar-refractivity contribution < 1.29 is 9.47 Å². The van der Waals surface area contributed by atoms with Gasteiger partial charge in [0.1, 0.15) is 0 Å². The van der Waals surface area contributed by atoms with Gasteiger partial charge in [0.05, 0.1) is 12.5 Å². The molecule has 0 spiro atoms. The van der Waals surface area contributed by atoms with E-state index in [0.29, 0.717) is 19.6 Å². The molecule has 1 rings (SSSR count). The van der Waals surface area contributed by atoms with Crippen molar-refractivity contribution in [3.63, 3.8) is 0 Å². The van der Waals surface area contributed by atoms with Crippen LogP contribution in [0.4, 0.5) is 0 Å². The monoisotopic (exact) mass is 212 g/mol. The molecular weight excluding hydrogens is 192 g/mol. The van der Waals surface area contributed by atoms with Crippen molar-refractivity contribution >= 4 is 0 Å².